The van der Waals surface area contributed by atoms with Crippen LogP contribution in [0.25, 0.3) is 0 Å². The smallest absolute Gasteiger partial charge is 0.318 e. The van der Waals surface area contributed by atoms with E-state index < -0.39 is 0 Å². The monoisotopic (exact) mass is 326 g/mol. The number of anilines is 1. The van der Waals surface area contributed by atoms with Gasteiger partial charge in [0, 0.05) is 7.05 Å². The van der Waals surface area contributed by atoms with Crippen molar-refractivity contribution in [2.75, 3.05) is 25.1 Å². The first-order valence-electron chi connectivity index (χ1n) is 7.06. The summed E-state index contributed by atoms with van der Waals surface area (Å²) >= 11 is 0. The zero-order valence-electron chi connectivity index (χ0n) is 13.2. The first-order valence-corrected chi connectivity index (χ1v) is 7.06. The second-order valence-electron chi connectivity index (χ2n) is 5.18. The quantitative estimate of drug-likeness (QED) is 0.842. The maximum atomic E-state index is 5.71. The number of benzene rings is 1. The Bertz CT molecular complexity index is 557. The highest BCUT2D eigenvalue weighted by Crippen LogP contribution is 2.18. The van der Waals surface area contributed by atoms with Gasteiger partial charge in [-0.2, -0.15) is 0 Å². The van der Waals surface area contributed by atoms with Gasteiger partial charge in [0.1, 0.15) is 12.4 Å². The van der Waals surface area contributed by atoms with Crippen molar-refractivity contribution in [2.45, 2.75) is 26.3 Å². The fraction of sp³-hybridized carbons (Fsp3) is 0.467. The molecule has 0 aliphatic carbocycles. The number of hydrogen-bond donors (Lipinski definition) is 1. The predicted molar refractivity (Wildman–Crippen MR) is 88.7 cm³/mol. The number of likely N-dealkylation sites (N-methyl/N-ethyl adjacent to an activating group) is 1. The van der Waals surface area contributed by atoms with Crippen LogP contribution in [0.5, 0.6) is 5.75 Å². The molecular weight excluding hydrogens is 304 g/mol. The standard InChI is InChI=1S/C15H22N4O2.ClH/c1-11(2)12-4-6-13(7-5-12)20-9-8-19(3)15-18-17-14(10-16)21-15;/h4-7,11H,8-10,16H2,1-3H3;1H. The molecule has 2 N–H and O–H groups in total. The summed E-state index contributed by atoms with van der Waals surface area (Å²) in [7, 11) is 1.87. The molecule has 1 aromatic carbocycles. The van der Waals surface area contributed by atoms with Gasteiger partial charge in [0.05, 0.1) is 13.1 Å². The highest BCUT2D eigenvalue weighted by atomic mass is 35.5. The number of rotatable bonds is 7. The molecule has 1 aromatic heterocycles. The van der Waals surface area contributed by atoms with Gasteiger partial charge in [-0.3, -0.25) is 0 Å². The van der Waals surface area contributed by atoms with Gasteiger partial charge in [0.15, 0.2) is 0 Å². The summed E-state index contributed by atoms with van der Waals surface area (Å²) < 4.78 is 11.1. The van der Waals surface area contributed by atoms with E-state index in [1.165, 1.54) is 5.56 Å². The SMILES string of the molecule is CC(C)c1ccc(OCCN(C)c2nnc(CN)o2)cc1.Cl. The molecule has 122 valence electrons. The third kappa shape index (κ3) is 4.89. The summed E-state index contributed by atoms with van der Waals surface area (Å²) in [5.41, 5.74) is 6.74. The molecule has 0 aliphatic rings. The number of nitrogens with two attached hydrogens (primary N) is 1. The number of ether oxygens (including phenoxy) is 1. The van der Waals surface area contributed by atoms with Crippen molar-refractivity contribution >= 4 is 18.4 Å². The average molecular weight is 327 g/mol. The first kappa shape index (κ1) is 18.3. The van der Waals surface area contributed by atoms with E-state index in [1.54, 1.807) is 0 Å². The molecule has 0 saturated heterocycles. The van der Waals surface area contributed by atoms with E-state index >= 15 is 0 Å². The van der Waals surface area contributed by atoms with Gasteiger partial charge in [-0.25, -0.2) is 0 Å². The molecule has 0 unspecified atom stereocenters. The molecule has 2 rings (SSSR count). The van der Waals surface area contributed by atoms with Crippen LogP contribution in [0.2, 0.25) is 0 Å². The minimum absolute atomic E-state index is 0. The summed E-state index contributed by atoms with van der Waals surface area (Å²) in [4.78, 5) is 1.84. The van der Waals surface area contributed by atoms with Crippen molar-refractivity contribution < 1.29 is 9.15 Å². The van der Waals surface area contributed by atoms with Crippen LogP contribution < -0.4 is 15.4 Å². The van der Waals surface area contributed by atoms with Crippen LogP contribution in [0.15, 0.2) is 28.7 Å². The van der Waals surface area contributed by atoms with Crippen LogP contribution in [0, 0.1) is 0 Å². The first-order chi connectivity index (χ1) is 10.1. The lowest BCUT2D eigenvalue weighted by molar-refractivity contribution is 0.322. The van der Waals surface area contributed by atoms with E-state index in [9.17, 15) is 0 Å². The molecule has 0 atom stereocenters. The fourth-order valence-electron chi connectivity index (χ4n) is 1.83. The third-order valence-corrected chi connectivity index (χ3v) is 3.20. The zero-order valence-corrected chi connectivity index (χ0v) is 14.0. The number of hydrogen-bond acceptors (Lipinski definition) is 6. The molecule has 0 spiro atoms. The number of nitrogens with zero attached hydrogens (tertiary/aromatic N) is 3. The van der Waals surface area contributed by atoms with Crippen molar-refractivity contribution in [2.24, 2.45) is 5.73 Å². The van der Waals surface area contributed by atoms with E-state index in [-0.39, 0.29) is 19.0 Å². The Hall–Kier alpha value is -1.79. The highest BCUT2D eigenvalue weighted by Gasteiger charge is 2.09. The molecular formula is C15H23ClN4O2. The minimum Gasteiger partial charge on any atom is -0.492 e. The van der Waals surface area contributed by atoms with E-state index in [0.717, 1.165) is 5.75 Å². The van der Waals surface area contributed by atoms with Gasteiger partial charge in [-0.1, -0.05) is 31.1 Å². The highest BCUT2D eigenvalue weighted by molar-refractivity contribution is 5.85. The topological polar surface area (TPSA) is 77.4 Å². The molecule has 0 bridgehead atoms. The van der Waals surface area contributed by atoms with Crippen LogP contribution in [0.1, 0.15) is 31.2 Å². The second-order valence-corrected chi connectivity index (χ2v) is 5.18. The van der Waals surface area contributed by atoms with E-state index in [4.69, 9.17) is 14.9 Å². The Morgan fingerprint density at radius 3 is 2.45 bits per heavy atom. The Kier molecular flexibility index (Phi) is 7.14. The second kappa shape index (κ2) is 8.60. The Morgan fingerprint density at radius 2 is 1.91 bits per heavy atom. The van der Waals surface area contributed by atoms with Crippen molar-refractivity contribution in [1.29, 1.82) is 0 Å². The molecule has 6 nitrogen and oxygen atoms in total. The van der Waals surface area contributed by atoms with Gasteiger partial charge < -0.3 is 19.8 Å². The van der Waals surface area contributed by atoms with E-state index in [1.807, 2.05) is 24.1 Å². The molecule has 0 radical (unpaired) electrons. The molecule has 22 heavy (non-hydrogen) atoms. The van der Waals surface area contributed by atoms with Gasteiger partial charge in [0.2, 0.25) is 5.89 Å². The molecule has 0 aliphatic heterocycles. The van der Waals surface area contributed by atoms with Crippen LogP contribution in [0.3, 0.4) is 0 Å². The summed E-state index contributed by atoms with van der Waals surface area (Å²) in [6, 6.07) is 8.63. The number of halogens is 1. The van der Waals surface area contributed by atoms with Crippen molar-refractivity contribution in [1.82, 2.24) is 10.2 Å². The molecule has 1 heterocycles. The van der Waals surface area contributed by atoms with E-state index in [2.05, 4.69) is 36.2 Å². The largest absolute Gasteiger partial charge is 0.492 e. The lowest BCUT2D eigenvalue weighted by Gasteiger charge is -2.14. The fourth-order valence-corrected chi connectivity index (χ4v) is 1.83. The molecule has 0 saturated carbocycles. The maximum absolute atomic E-state index is 5.71. The summed E-state index contributed by atoms with van der Waals surface area (Å²) in [6.45, 7) is 5.78. The van der Waals surface area contributed by atoms with Crippen LogP contribution in [-0.4, -0.2) is 30.4 Å². The Labute approximate surface area is 137 Å². The lowest BCUT2D eigenvalue weighted by atomic mass is 10.0. The van der Waals surface area contributed by atoms with E-state index in [0.29, 0.717) is 31.0 Å². The van der Waals surface area contributed by atoms with Crippen LogP contribution in [0.4, 0.5) is 6.01 Å². The zero-order chi connectivity index (χ0) is 15.2. The Balaban J connectivity index is 0.00000242. The summed E-state index contributed by atoms with van der Waals surface area (Å²) in [5.74, 6) is 1.82. The van der Waals surface area contributed by atoms with Crippen molar-refractivity contribution in [3.8, 4) is 5.75 Å². The minimum atomic E-state index is 0. The summed E-state index contributed by atoms with van der Waals surface area (Å²) in [5, 5.41) is 7.74. The maximum Gasteiger partial charge on any atom is 0.318 e. The molecule has 0 amide bonds. The van der Waals surface area contributed by atoms with Crippen LogP contribution in [-0.2, 0) is 6.54 Å². The summed E-state index contributed by atoms with van der Waals surface area (Å²) in [6.07, 6.45) is 0. The van der Waals surface area contributed by atoms with Crippen molar-refractivity contribution in [3.05, 3.63) is 35.7 Å². The average Bonchev–Trinajstić information content (AvgIpc) is 2.96. The van der Waals surface area contributed by atoms with Gasteiger partial charge in [-0.15, -0.1) is 17.5 Å². The molecule has 7 heteroatoms. The lowest BCUT2D eigenvalue weighted by Crippen LogP contribution is -2.24. The third-order valence-electron chi connectivity index (χ3n) is 3.20. The predicted octanol–water partition coefficient (Wildman–Crippen LogP) is 2.59. The molecule has 0 fully saturated rings. The normalized spacial score (nSPS) is 10.4. The Morgan fingerprint density at radius 1 is 1.23 bits per heavy atom. The van der Waals surface area contributed by atoms with Gasteiger partial charge in [0.25, 0.3) is 0 Å². The van der Waals surface area contributed by atoms with Crippen LogP contribution >= 0.6 is 12.4 Å². The van der Waals surface area contributed by atoms with Crippen molar-refractivity contribution in [3.63, 3.8) is 0 Å². The number of aromatic nitrogens is 2. The van der Waals surface area contributed by atoms with Gasteiger partial charge in [-0.05, 0) is 23.6 Å². The molecule has 2 aromatic rings. The van der Waals surface area contributed by atoms with Gasteiger partial charge >= 0.3 is 6.01 Å².